The fourth-order valence-electron chi connectivity index (χ4n) is 1.39. The van der Waals surface area contributed by atoms with Crippen molar-refractivity contribution < 1.29 is 5.11 Å². The van der Waals surface area contributed by atoms with Crippen molar-refractivity contribution in [3.05, 3.63) is 39.0 Å². The summed E-state index contributed by atoms with van der Waals surface area (Å²) >= 11 is 3.27. The largest absolute Gasteiger partial charge is 0.394 e. The molecule has 0 saturated heterocycles. The number of nitrogens with one attached hydrogen (secondary N) is 1. The van der Waals surface area contributed by atoms with Gasteiger partial charge >= 0.3 is 0 Å². The smallest absolute Gasteiger partial charge is 0.115 e. The number of thiophene rings is 1. The van der Waals surface area contributed by atoms with Crippen LogP contribution in [0.15, 0.2) is 29.1 Å². The minimum atomic E-state index is -0.446. The first kappa shape index (κ1) is 11.7. The van der Waals surface area contributed by atoms with E-state index in [-0.39, 0.29) is 6.61 Å². The lowest BCUT2D eigenvalue weighted by Gasteiger charge is -2.26. The summed E-state index contributed by atoms with van der Waals surface area (Å²) in [6, 6.07) is 4.11. The normalized spacial score (nSPS) is 14.9. The number of hydrogen-bond acceptors (Lipinski definition) is 5. The number of rotatable bonds is 5. The van der Waals surface area contributed by atoms with Gasteiger partial charge in [-0.25, -0.2) is 4.98 Å². The van der Waals surface area contributed by atoms with Gasteiger partial charge < -0.3 is 5.11 Å². The lowest BCUT2D eigenvalue weighted by Crippen LogP contribution is -2.42. The Morgan fingerprint density at radius 3 is 2.88 bits per heavy atom. The lowest BCUT2D eigenvalue weighted by atomic mass is 10.1. The van der Waals surface area contributed by atoms with E-state index in [0.29, 0.717) is 0 Å². The highest BCUT2D eigenvalue weighted by atomic mass is 32.1. The van der Waals surface area contributed by atoms with Crippen LogP contribution in [0.1, 0.15) is 16.8 Å². The van der Waals surface area contributed by atoms with Gasteiger partial charge in [0.1, 0.15) is 5.01 Å². The SMILES string of the molecule is CC(CO)(NCc1cccs1)c1nccs1. The standard InChI is InChI=1S/C11H14N2OS2/c1-11(8-14,10-12-4-6-16-10)13-7-9-3-2-5-15-9/h2-6,13-14H,7-8H2,1H3. The molecular formula is C11H14N2OS2. The number of hydrogen-bond donors (Lipinski definition) is 2. The number of aliphatic hydroxyl groups is 1. The van der Waals surface area contributed by atoms with E-state index in [9.17, 15) is 5.11 Å². The van der Waals surface area contributed by atoms with Gasteiger partial charge in [0.25, 0.3) is 0 Å². The van der Waals surface area contributed by atoms with E-state index >= 15 is 0 Å². The van der Waals surface area contributed by atoms with E-state index in [2.05, 4.69) is 21.7 Å². The highest BCUT2D eigenvalue weighted by Gasteiger charge is 2.27. The maximum Gasteiger partial charge on any atom is 0.115 e. The summed E-state index contributed by atoms with van der Waals surface area (Å²) in [5.41, 5.74) is -0.446. The van der Waals surface area contributed by atoms with Crippen LogP contribution in [0.2, 0.25) is 0 Å². The van der Waals surface area contributed by atoms with Crippen LogP contribution in [-0.2, 0) is 12.1 Å². The van der Waals surface area contributed by atoms with Crippen LogP contribution in [-0.4, -0.2) is 16.7 Å². The highest BCUT2D eigenvalue weighted by Crippen LogP contribution is 2.23. The summed E-state index contributed by atoms with van der Waals surface area (Å²) in [6.45, 7) is 2.78. The predicted molar refractivity (Wildman–Crippen MR) is 67.7 cm³/mol. The summed E-state index contributed by atoms with van der Waals surface area (Å²) in [6.07, 6.45) is 1.76. The van der Waals surface area contributed by atoms with Crippen molar-refractivity contribution in [3.8, 4) is 0 Å². The Balaban J connectivity index is 2.05. The fourth-order valence-corrected chi connectivity index (χ4v) is 2.80. The average Bonchev–Trinajstić information content (AvgIpc) is 2.98. The molecule has 0 amide bonds. The van der Waals surface area contributed by atoms with Gasteiger partial charge in [0.15, 0.2) is 0 Å². The Hall–Kier alpha value is -0.750. The van der Waals surface area contributed by atoms with Crippen molar-refractivity contribution in [2.24, 2.45) is 0 Å². The molecule has 2 rings (SSSR count). The third-order valence-electron chi connectivity index (χ3n) is 2.45. The molecule has 1 unspecified atom stereocenters. The maximum atomic E-state index is 9.49. The van der Waals surface area contributed by atoms with E-state index in [1.165, 1.54) is 4.88 Å². The van der Waals surface area contributed by atoms with Crippen LogP contribution in [0.4, 0.5) is 0 Å². The molecule has 0 aliphatic heterocycles. The van der Waals surface area contributed by atoms with Crippen molar-refractivity contribution in [1.82, 2.24) is 10.3 Å². The molecule has 2 aromatic heterocycles. The molecule has 2 heterocycles. The summed E-state index contributed by atoms with van der Waals surface area (Å²) < 4.78 is 0. The molecule has 0 radical (unpaired) electrons. The Kier molecular flexibility index (Phi) is 3.70. The topological polar surface area (TPSA) is 45.1 Å². The van der Waals surface area contributed by atoms with Gasteiger partial charge in [0, 0.05) is 23.0 Å². The second kappa shape index (κ2) is 5.05. The van der Waals surface area contributed by atoms with E-state index < -0.39 is 5.54 Å². The molecule has 0 fully saturated rings. The summed E-state index contributed by atoms with van der Waals surface area (Å²) in [5.74, 6) is 0. The Morgan fingerprint density at radius 1 is 1.44 bits per heavy atom. The van der Waals surface area contributed by atoms with E-state index in [1.807, 2.05) is 18.4 Å². The molecule has 1 atom stereocenters. The second-order valence-electron chi connectivity index (χ2n) is 3.76. The average molecular weight is 254 g/mol. The zero-order valence-corrected chi connectivity index (χ0v) is 10.6. The van der Waals surface area contributed by atoms with Gasteiger partial charge in [0.05, 0.1) is 12.1 Å². The quantitative estimate of drug-likeness (QED) is 0.860. The predicted octanol–water partition coefficient (Wildman–Crippen LogP) is 2.20. The third-order valence-corrected chi connectivity index (χ3v) is 4.37. The molecular weight excluding hydrogens is 240 g/mol. The molecule has 16 heavy (non-hydrogen) atoms. The van der Waals surface area contributed by atoms with Crippen LogP contribution in [0.3, 0.4) is 0 Å². The zero-order chi connectivity index (χ0) is 11.4. The number of thiazole rings is 1. The minimum Gasteiger partial charge on any atom is -0.394 e. The molecule has 86 valence electrons. The monoisotopic (exact) mass is 254 g/mol. The van der Waals surface area contributed by atoms with Gasteiger partial charge in [-0.3, -0.25) is 5.32 Å². The first-order chi connectivity index (χ1) is 7.74. The van der Waals surface area contributed by atoms with Crippen LogP contribution >= 0.6 is 22.7 Å². The molecule has 5 heteroatoms. The lowest BCUT2D eigenvalue weighted by molar-refractivity contribution is 0.173. The number of aromatic nitrogens is 1. The zero-order valence-electron chi connectivity index (χ0n) is 9.01. The molecule has 2 aromatic rings. The summed E-state index contributed by atoms with van der Waals surface area (Å²) in [4.78, 5) is 5.52. The molecule has 2 N–H and O–H groups in total. The van der Waals surface area contributed by atoms with Gasteiger partial charge in [-0.1, -0.05) is 6.07 Å². The summed E-state index contributed by atoms with van der Waals surface area (Å²) in [5, 5.41) is 17.8. The molecule has 0 aliphatic carbocycles. The fraction of sp³-hybridized carbons (Fsp3) is 0.364. The molecule has 3 nitrogen and oxygen atoms in total. The molecule has 0 saturated carbocycles. The van der Waals surface area contributed by atoms with Crippen LogP contribution < -0.4 is 5.32 Å². The van der Waals surface area contributed by atoms with Crippen molar-refractivity contribution in [1.29, 1.82) is 0 Å². The van der Waals surface area contributed by atoms with Crippen LogP contribution in [0.5, 0.6) is 0 Å². The first-order valence-corrected chi connectivity index (χ1v) is 6.79. The Bertz CT molecular complexity index is 413. The van der Waals surface area contributed by atoms with Crippen molar-refractivity contribution >= 4 is 22.7 Å². The van der Waals surface area contributed by atoms with Crippen molar-refractivity contribution in [2.75, 3.05) is 6.61 Å². The van der Waals surface area contributed by atoms with E-state index in [1.54, 1.807) is 28.9 Å². The second-order valence-corrected chi connectivity index (χ2v) is 5.69. The van der Waals surface area contributed by atoms with Gasteiger partial charge in [-0.05, 0) is 18.4 Å². The molecule has 0 bridgehead atoms. The van der Waals surface area contributed by atoms with Crippen molar-refractivity contribution in [2.45, 2.75) is 19.0 Å². The third kappa shape index (κ3) is 2.49. The molecule has 0 spiro atoms. The summed E-state index contributed by atoms with van der Waals surface area (Å²) in [7, 11) is 0. The molecule has 0 aliphatic rings. The number of aliphatic hydroxyl groups excluding tert-OH is 1. The Morgan fingerprint density at radius 2 is 2.31 bits per heavy atom. The minimum absolute atomic E-state index is 0.0475. The van der Waals surface area contributed by atoms with E-state index in [4.69, 9.17) is 0 Å². The highest BCUT2D eigenvalue weighted by molar-refractivity contribution is 7.10. The Labute approximate surface area is 103 Å². The van der Waals surface area contributed by atoms with Gasteiger partial charge in [-0.15, -0.1) is 22.7 Å². The van der Waals surface area contributed by atoms with Crippen LogP contribution in [0.25, 0.3) is 0 Å². The van der Waals surface area contributed by atoms with Crippen molar-refractivity contribution in [3.63, 3.8) is 0 Å². The molecule has 0 aromatic carbocycles. The number of nitrogens with zero attached hydrogens (tertiary/aromatic N) is 1. The van der Waals surface area contributed by atoms with Crippen LogP contribution in [0, 0.1) is 0 Å². The van der Waals surface area contributed by atoms with Gasteiger partial charge in [-0.2, -0.15) is 0 Å². The van der Waals surface area contributed by atoms with E-state index in [0.717, 1.165) is 11.6 Å². The maximum absolute atomic E-state index is 9.49. The first-order valence-electron chi connectivity index (χ1n) is 5.03. The van der Waals surface area contributed by atoms with Gasteiger partial charge in [0.2, 0.25) is 0 Å².